The highest BCUT2D eigenvalue weighted by Crippen LogP contribution is 2.15. The van der Waals surface area contributed by atoms with E-state index in [9.17, 15) is 5.11 Å². The summed E-state index contributed by atoms with van der Waals surface area (Å²) >= 11 is 0. The third-order valence-electron chi connectivity index (χ3n) is 1.93. The maximum Gasteiger partial charge on any atom is 0.170 e. The number of likely N-dealkylation sites (N-methyl/N-ethyl adjacent to an activating group) is 1. The van der Waals surface area contributed by atoms with E-state index in [1.54, 1.807) is 0 Å². The van der Waals surface area contributed by atoms with E-state index in [-0.39, 0.29) is 6.04 Å². The van der Waals surface area contributed by atoms with Crippen molar-refractivity contribution in [2.45, 2.75) is 25.2 Å². The predicted molar refractivity (Wildman–Crippen MR) is 38.7 cm³/mol. The maximum absolute atomic E-state index is 9.28. The van der Waals surface area contributed by atoms with Crippen LogP contribution in [-0.4, -0.2) is 43.0 Å². The average molecular weight is 145 g/mol. The lowest BCUT2D eigenvalue weighted by Gasteiger charge is -2.32. The lowest BCUT2D eigenvalue weighted by atomic mass is 10.1. The van der Waals surface area contributed by atoms with Gasteiger partial charge in [0.15, 0.2) is 6.29 Å². The molecule has 3 heteroatoms. The molecule has 0 spiro atoms. The van der Waals surface area contributed by atoms with Gasteiger partial charge < -0.3 is 14.7 Å². The Labute approximate surface area is 61.6 Å². The Morgan fingerprint density at radius 3 is 2.60 bits per heavy atom. The Morgan fingerprint density at radius 1 is 1.50 bits per heavy atom. The Bertz CT molecular complexity index is 106. The molecule has 0 aromatic carbocycles. The summed E-state index contributed by atoms with van der Waals surface area (Å²) in [5.74, 6) is 0. The average Bonchev–Trinajstić information content (AvgIpc) is 1.88. The first-order valence-electron chi connectivity index (χ1n) is 3.68. The van der Waals surface area contributed by atoms with Crippen LogP contribution in [0.4, 0.5) is 0 Å². The molecule has 1 aliphatic rings. The van der Waals surface area contributed by atoms with Crippen LogP contribution < -0.4 is 0 Å². The van der Waals surface area contributed by atoms with Gasteiger partial charge in [0.05, 0.1) is 6.04 Å². The molecule has 0 aliphatic carbocycles. The molecule has 0 amide bonds. The maximum atomic E-state index is 9.28. The van der Waals surface area contributed by atoms with Gasteiger partial charge in [0.25, 0.3) is 0 Å². The van der Waals surface area contributed by atoms with Gasteiger partial charge in [-0.05, 0) is 26.9 Å². The van der Waals surface area contributed by atoms with Crippen LogP contribution in [0, 0.1) is 0 Å². The number of rotatable bonds is 1. The fourth-order valence-corrected chi connectivity index (χ4v) is 1.26. The van der Waals surface area contributed by atoms with Gasteiger partial charge in [-0.1, -0.05) is 0 Å². The van der Waals surface area contributed by atoms with Gasteiger partial charge in [-0.3, -0.25) is 0 Å². The van der Waals surface area contributed by atoms with Crippen LogP contribution in [-0.2, 0) is 4.74 Å². The lowest BCUT2D eigenvalue weighted by molar-refractivity contribution is -0.161. The molecule has 60 valence electrons. The zero-order valence-corrected chi connectivity index (χ0v) is 6.58. The van der Waals surface area contributed by atoms with Crippen LogP contribution in [0.2, 0.25) is 0 Å². The second-order valence-corrected chi connectivity index (χ2v) is 2.93. The van der Waals surface area contributed by atoms with Crippen molar-refractivity contribution in [1.82, 2.24) is 4.90 Å². The molecule has 1 aliphatic heterocycles. The summed E-state index contributed by atoms with van der Waals surface area (Å²) < 4.78 is 5.07. The zero-order chi connectivity index (χ0) is 7.56. The van der Waals surface area contributed by atoms with Gasteiger partial charge in [0.2, 0.25) is 0 Å². The molecule has 1 saturated heterocycles. The summed E-state index contributed by atoms with van der Waals surface area (Å²) in [5, 5.41) is 9.28. The lowest BCUT2D eigenvalue weighted by Crippen LogP contribution is -2.43. The summed E-state index contributed by atoms with van der Waals surface area (Å²) in [7, 11) is 3.92. The van der Waals surface area contributed by atoms with Crippen molar-refractivity contribution >= 4 is 0 Å². The molecule has 1 heterocycles. The molecule has 10 heavy (non-hydrogen) atoms. The number of ether oxygens (including phenoxy) is 1. The van der Waals surface area contributed by atoms with Crippen molar-refractivity contribution in [2.24, 2.45) is 0 Å². The number of aliphatic hydroxyl groups excluding tert-OH is 1. The van der Waals surface area contributed by atoms with Crippen LogP contribution >= 0.6 is 0 Å². The fourth-order valence-electron chi connectivity index (χ4n) is 1.26. The van der Waals surface area contributed by atoms with Crippen molar-refractivity contribution < 1.29 is 9.84 Å². The summed E-state index contributed by atoms with van der Waals surface area (Å²) in [4.78, 5) is 2.00. The van der Waals surface area contributed by atoms with Crippen molar-refractivity contribution in [3.8, 4) is 0 Å². The molecule has 0 saturated carbocycles. The monoisotopic (exact) mass is 145 g/mol. The SMILES string of the molecule is CN(C)C1CCCOC1O. The van der Waals surface area contributed by atoms with Crippen molar-refractivity contribution in [3.63, 3.8) is 0 Å². The number of hydrogen-bond donors (Lipinski definition) is 1. The molecule has 2 unspecified atom stereocenters. The molecule has 0 radical (unpaired) electrons. The smallest absolute Gasteiger partial charge is 0.170 e. The van der Waals surface area contributed by atoms with E-state index in [0.717, 1.165) is 12.8 Å². The van der Waals surface area contributed by atoms with E-state index in [1.165, 1.54) is 0 Å². The summed E-state index contributed by atoms with van der Waals surface area (Å²) in [5.41, 5.74) is 0. The van der Waals surface area contributed by atoms with E-state index in [4.69, 9.17) is 4.74 Å². The molecular weight excluding hydrogens is 130 g/mol. The number of hydrogen-bond acceptors (Lipinski definition) is 3. The van der Waals surface area contributed by atoms with E-state index in [1.807, 2.05) is 19.0 Å². The normalized spacial score (nSPS) is 34.8. The minimum absolute atomic E-state index is 0.189. The van der Waals surface area contributed by atoms with Crippen molar-refractivity contribution in [2.75, 3.05) is 20.7 Å². The number of aliphatic hydroxyl groups is 1. The largest absolute Gasteiger partial charge is 0.367 e. The Morgan fingerprint density at radius 2 is 2.20 bits per heavy atom. The minimum Gasteiger partial charge on any atom is -0.367 e. The second-order valence-electron chi connectivity index (χ2n) is 2.93. The fraction of sp³-hybridized carbons (Fsp3) is 1.00. The molecular formula is C7H15NO2. The van der Waals surface area contributed by atoms with Crippen LogP contribution in [0.5, 0.6) is 0 Å². The van der Waals surface area contributed by atoms with Gasteiger partial charge in [-0.25, -0.2) is 0 Å². The standard InChI is InChI=1S/C7H15NO2/c1-8(2)6-4-3-5-10-7(6)9/h6-7,9H,3-5H2,1-2H3. The van der Waals surface area contributed by atoms with Gasteiger partial charge >= 0.3 is 0 Å². The van der Waals surface area contributed by atoms with E-state index >= 15 is 0 Å². The van der Waals surface area contributed by atoms with Crippen LogP contribution in [0.15, 0.2) is 0 Å². The quantitative estimate of drug-likeness (QED) is 0.565. The van der Waals surface area contributed by atoms with Crippen LogP contribution in [0.3, 0.4) is 0 Å². The first kappa shape index (κ1) is 7.98. The highest BCUT2D eigenvalue weighted by molar-refractivity contribution is 4.72. The first-order chi connectivity index (χ1) is 4.72. The minimum atomic E-state index is -0.580. The number of nitrogens with zero attached hydrogens (tertiary/aromatic N) is 1. The summed E-state index contributed by atoms with van der Waals surface area (Å²) in [6.07, 6.45) is 1.51. The van der Waals surface area contributed by atoms with Crippen molar-refractivity contribution in [1.29, 1.82) is 0 Å². The van der Waals surface area contributed by atoms with Gasteiger partial charge in [-0.15, -0.1) is 0 Å². The molecule has 0 aromatic rings. The van der Waals surface area contributed by atoms with Gasteiger partial charge in [-0.2, -0.15) is 0 Å². The molecule has 0 bridgehead atoms. The molecule has 2 atom stereocenters. The van der Waals surface area contributed by atoms with E-state index < -0.39 is 6.29 Å². The molecule has 1 rings (SSSR count). The Balaban J connectivity index is 2.40. The van der Waals surface area contributed by atoms with Crippen molar-refractivity contribution in [3.05, 3.63) is 0 Å². The zero-order valence-electron chi connectivity index (χ0n) is 6.58. The Kier molecular flexibility index (Phi) is 2.65. The summed E-state index contributed by atoms with van der Waals surface area (Å²) in [6.45, 7) is 0.700. The molecule has 1 fully saturated rings. The second kappa shape index (κ2) is 3.32. The molecule has 1 N–H and O–H groups in total. The summed E-state index contributed by atoms with van der Waals surface area (Å²) in [6, 6.07) is 0.189. The van der Waals surface area contributed by atoms with E-state index in [0.29, 0.717) is 6.61 Å². The third kappa shape index (κ3) is 1.68. The molecule has 0 aromatic heterocycles. The van der Waals surface area contributed by atoms with Gasteiger partial charge in [0.1, 0.15) is 0 Å². The van der Waals surface area contributed by atoms with Crippen LogP contribution in [0.25, 0.3) is 0 Å². The Hall–Kier alpha value is -0.120. The highest BCUT2D eigenvalue weighted by Gasteiger charge is 2.24. The highest BCUT2D eigenvalue weighted by atomic mass is 16.6. The topological polar surface area (TPSA) is 32.7 Å². The predicted octanol–water partition coefficient (Wildman–Crippen LogP) is 0.0454. The van der Waals surface area contributed by atoms with Gasteiger partial charge in [0, 0.05) is 6.61 Å². The van der Waals surface area contributed by atoms with Crippen LogP contribution in [0.1, 0.15) is 12.8 Å². The third-order valence-corrected chi connectivity index (χ3v) is 1.93. The van der Waals surface area contributed by atoms with E-state index in [2.05, 4.69) is 0 Å². The first-order valence-corrected chi connectivity index (χ1v) is 3.68. The molecule has 3 nitrogen and oxygen atoms in total.